The first-order valence-corrected chi connectivity index (χ1v) is 13.5. The molecule has 4 amide bonds. The first kappa shape index (κ1) is 30.8. The monoisotopic (exact) mass is 530 g/mol. The predicted octanol–water partition coefficient (Wildman–Crippen LogP) is 4.04. The van der Waals surface area contributed by atoms with E-state index in [2.05, 4.69) is 16.0 Å². The zero-order chi connectivity index (χ0) is 28.1. The van der Waals surface area contributed by atoms with Gasteiger partial charge < -0.3 is 25.5 Å². The van der Waals surface area contributed by atoms with Crippen molar-refractivity contribution in [2.75, 3.05) is 25.5 Å². The van der Waals surface area contributed by atoms with Gasteiger partial charge in [-0.3, -0.25) is 19.3 Å². The molecule has 0 saturated heterocycles. The highest BCUT2D eigenvalue weighted by Crippen LogP contribution is 2.31. The molecule has 38 heavy (non-hydrogen) atoms. The standard InChI is InChI=1S/C28H42N4O6/c1-28(2,3)38-27(37)31-18-11-9-7-5-6-8-10-17-30-21-15-12-14-20-23(21)26(36)32(25(20)35)22(16-13-19-33)24(34)29-4/h12,14-15,19,22,30H,5-11,13,16-18H2,1-4H3,(H,29,34)(H,31,37). The number of carbonyl (C=O) groups is 5. The number of imide groups is 1. The van der Waals surface area contributed by atoms with Gasteiger partial charge in [-0.05, 0) is 52.2 Å². The van der Waals surface area contributed by atoms with Crippen LogP contribution in [0.2, 0.25) is 0 Å². The molecule has 0 aliphatic carbocycles. The van der Waals surface area contributed by atoms with Crippen LogP contribution in [0.3, 0.4) is 0 Å². The van der Waals surface area contributed by atoms with Crippen LogP contribution in [0.1, 0.15) is 99.3 Å². The summed E-state index contributed by atoms with van der Waals surface area (Å²) < 4.78 is 5.21. The van der Waals surface area contributed by atoms with Crippen molar-refractivity contribution in [3.63, 3.8) is 0 Å². The summed E-state index contributed by atoms with van der Waals surface area (Å²) in [7, 11) is 1.44. The van der Waals surface area contributed by atoms with Gasteiger partial charge in [-0.2, -0.15) is 0 Å². The second-order valence-corrected chi connectivity index (χ2v) is 10.4. The van der Waals surface area contributed by atoms with Crippen molar-refractivity contribution in [3.8, 4) is 0 Å². The number of anilines is 1. The number of hydrogen-bond donors (Lipinski definition) is 3. The van der Waals surface area contributed by atoms with Crippen molar-refractivity contribution in [3.05, 3.63) is 29.3 Å². The molecule has 1 aromatic rings. The number of unbranched alkanes of at least 4 members (excludes halogenated alkanes) is 6. The number of nitrogens with zero attached hydrogens (tertiary/aromatic N) is 1. The molecule has 10 nitrogen and oxygen atoms in total. The molecule has 0 aromatic heterocycles. The average molecular weight is 531 g/mol. The van der Waals surface area contributed by atoms with Gasteiger partial charge in [0.2, 0.25) is 5.91 Å². The Morgan fingerprint density at radius 1 is 0.974 bits per heavy atom. The molecule has 3 N–H and O–H groups in total. The molecule has 0 spiro atoms. The van der Waals surface area contributed by atoms with Crippen LogP contribution in [0.15, 0.2) is 18.2 Å². The van der Waals surface area contributed by atoms with E-state index in [0.717, 1.165) is 49.8 Å². The van der Waals surface area contributed by atoms with Crippen molar-refractivity contribution in [2.45, 2.75) is 90.2 Å². The first-order valence-electron chi connectivity index (χ1n) is 13.5. The van der Waals surface area contributed by atoms with E-state index in [1.807, 2.05) is 20.8 Å². The average Bonchev–Trinajstić information content (AvgIpc) is 3.12. The second kappa shape index (κ2) is 15.1. The van der Waals surface area contributed by atoms with E-state index >= 15 is 0 Å². The zero-order valence-corrected chi connectivity index (χ0v) is 23.1. The fraction of sp³-hybridized carbons (Fsp3) is 0.607. The molecule has 210 valence electrons. The van der Waals surface area contributed by atoms with Crippen molar-refractivity contribution in [1.29, 1.82) is 0 Å². The van der Waals surface area contributed by atoms with Gasteiger partial charge in [0.15, 0.2) is 0 Å². The van der Waals surface area contributed by atoms with Crippen molar-refractivity contribution in [1.82, 2.24) is 15.5 Å². The van der Waals surface area contributed by atoms with Crippen LogP contribution >= 0.6 is 0 Å². The molecule has 1 aliphatic heterocycles. The molecular weight excluding hydrogens is 488 g/mol. The summed E-state index contributed by atoms with van der Waals surface area (Å²) in [6.07, 6.45) is 7.64. The highest BCUT2D eigenvalue weighted by molar-refractivity contribution is 6.25. The molecular formula is C28H42N4O6. The lowest BCUT2D eigenvalue weighted by Gasteiger charge is -2.24. The maximum absolute atomic E-state index is 13.2. The summed E-state index contributed by atoms with van der Waals surface area (Å²) in [5, 5.41) is 8.53. The van der Waals surface area contributed by atoms with Gasteiger partial charge in [-0.25, -0.2) is 4.79 Å². The number of ether oxygens (including phenoxy) is 1. The maximum atomic E-state index is 13.2. The maximum Gasteiger partial charge on any atom is 0.407 e. The third-order valence-electron chi connectivity index (χ3n) is 6.20. The van der Waals surface area contributed by atoms with Crippen LogP contribution in [-0.2, 0) is 14.3 Å². The quantitative estimate of drug-likeness (QED) is 0.167. The number of alkyl carbamates (subject to hydrolysis) is 1. The van der Waals surface area contributed by atoms with E-state index in [1.54, 1.807) is 18.2 Å². The summed E-state index contributed by atoms with van der Waals surface area (Å²) in [6, 6.07) is 4.04. The normalized spacial score (nSPS) is 13.6. The SMILES string of the molecule is CNC(=O)C(CCC=O)N1C(=O)c2cccc(NCCCCCCCCCNC(=O)OC(C)(C)C)c2C1=O. The molecule has 10 heteroatoms. The van der Waals surface area contributed by atoms with Crippen molar-refractivity contribution < 1.29 is 28.7 Å². The number of nitrogens with one attached hydrogen (secondary N) is 3. The molecule has 0 fully saturated rings. The Labute approximate surface area is 225 Å². The van der Waals surface area contributed by atoms with Gasteiger partial charge in [0.05, 0.1) is 11.1 Å². The summed E-state index contributed by atoms with van der Waals surface area (Å²) in [5.74, 6) is -1.52. The minimum atomic E-state index is -1.03. The van der Waals surface area contributed by atoms with E-state index in [9.17, 15) is 24.0 Å². The fourth-order valence-electron chi connectivity index (χ4n) is 4.37. The zero-order valence-electron chi connectivity index (χ0n) is 23.1. The molecule has 0 saturated carbocycles. The number of fused-ring (bicyclic) bond motifs is 1. The predicted molar refractivity (Wildman–Crippen MR) is 145 cm³/mol. The van der Waals surface area contributed by atoms with Crippen LogP contribution in [0.5, 0.6) is 0 Å². The number of carbonyl (C=O) groups excluding carboxylic acids is 5. The molecule has 0 bridgehead atoms. The van der Waals surface area contributed by atoms with Gasteiger partial charge in [0.1, 0.15) is 17.9 Å². The highest BCUT2D eigenvalue weighted by Gasteiger charge is 2.43. The van der Waals surface area contributed by atoms with E-state index in [0.29, 0.717) is 25.1 Å². The van der Waals surface area contributed by atoms with Crippen LogP contribution in [0, 0.1) is 0 Å². The Morgan fingerprint density at radius 2 is 1.61 bits per heavy atom. The Hall–Kier alpha value is -3.43. The van der Waals surface area contributed by atoms with Gasteiger partial charge in [-0.15, -0.1) is 0 Å². The van der Waals surface area contributed by atoms with E-state index < -0.39 is 29.4 Å². The third-order valence-corrected chi connectivity index (χ3v) is 6.20. The van der Waals surface area contributed by atoms with Gasteiger partial charge in [-0.1, -0.05) is 38.2 Å². The van der Waals surface area contributed by atoms with Gasteiger partial charge in [0.25, 0.3) is 11.8 Å². The Morgan fingerprint density at radius 3 is 2.21 bits per heavy atom. The first-order chi connectivity index (χ1) is 18.1. The minimum absolute atomic E-state index is 0.0690. The molecule has 1 aromatic carbocycles. The minimum Gasteiger partial charge on any atom is -0.444 e. The largest absolute Gasteiger partial charge is 0.444 e. The molecule has 1 unspecified atom stereocenters. The number of hydrogen-bond acceptors (Lipinski definition) is 7. The van der Waals surface area contributed by atoms with Gasteiger partial charge >= 0.3 is 6.09 Å². The topological polar surface area (TPSA) is 134 Å². The number of benzene rings is 1. The van der Waals surface area contributed by atoms with Crippen LogP contribution in [0.4, 0.5) is 10.5 Å². The van der Waals surface area contributed by atoms with Gasteiger partial charge in [0, 0.05) is 32.2 Å². The number of amides is 4. The molecule has 1 atom stereocenters. The summed E-state index contributed by atoms with van der Waals surface area (Å²) in [6.45, 7) is 6.78. The van der Waals surface area contributed by atoms with E-state index in [-0.39, 0.29) is 30.1 Å². The summed E-state index contributed by atoms with van der Waals surface area (Å²) in [5.41, 5.74) is 0.630. The Kier molecular flexibility index (Phi) is 12.2. The fourth-order valence-corrected chi connectivity index (χ4v) is 4.37. The van der Waals surface area contributed by atoms with Crippen LogP contribution in [0.25, 0.3) is 0 Å². The van der Waals surface area contributed by atoms with E-state index in [1.165, 1.54) is 7.05 Å². The van der Waals surface area contributed by atoms with Crippen LogP contribution in [-0.4, -0.2) is 66.8 Å². The smallest absolute Gasteiger partial charge is 0.407 e. The highest BCUT2D eigenvalue weighted by atomic mass is 16.6. The van der Waals surface area contributed by atoms with Crippen molar-refractivity contribution in [2.24, 2.45) is 0 Å². The lowest BCUT2D eigenvalue weighted by molar-refractivity contribution is -0.124. The third kappa shape index (κ3) is 9.15. The Balaban J connectivity index is 1.73. The Bertz CT molecular complexity index is 988. The summed E-state index contributed by atoms with van der Waals surface area (Å²) in [4.78, 5) is 62.0. The lowest BCUT2D eigenvalue weighted by Crippen LogP contribution is -2.48. The van der Waals surface area contributed by atoms with E-state index in [4.69, 9.17) is 4.74 Å². The number of likely N-dealkylation sites (N-methyl/N-ethyl adjacent to an activating group) is 1. The van der Waals surface area contributed by atoms with Crippen molar-refractivity contribution >= 4 is 35.8 Å². The molecule has 1 heterocycles. The second-order valence-electron chi connectivity index (χ2n) is 10.4. The molecule has 0 radical (unpaired) electrons. The summed E-state index contributed by atoms with van der Waals surface area (Å²) >= 11 is 0. The number of rotatable bonds is 16. The molecule has 1 aliphatic rings. The molecule has 2 rings (SSSR count). The van der Waals surface area contributed by atoms with Crippen LogP contribution < -0.4 is 16.0 Å². The lowest BCUT2D eigenvalue weighted by atomic mass is 10.1. The number of aldehydes is 1.